The van der Waals surface area contributed by atoms with E-state index in [0.29, 0.717) is 65.6 Å². The number of esters is 2. The number of pyridine rings is 7. The normalized spacial score (nSPS) is 14.9. The predicted octanol–water partition coefficient (Wildman–Crippen LogP) is 11.2. The minimum Gasteiger partial charge on any atom is -1.00 e. The Balaban J connectivity index is 0.00000170. The van der Waals surface area contributed by atoms with Crippen LogP contribution in [0.1, 0.15) is 247 Å². The fourth-order valence-electron chi connectivity index (χ4n) is 12.6. The van der Waals surface area contributed by atoms with E-state index in [-0.39, 0.29) is 194 Å². The van der Waals surface area contributed by atoms with E-state index >= 15 is 0 Å². The summed E-state index contributed by atoms with van der Waals surface area (Å²) in [7, 11) is -3.45. The SMILES string of the molecule is BrCc1cccc(CBr)n1.C=CC(=O)OCC(C)(C)N1Cc2cccc(n2)CN(C(C)(C)COC(=O)C=C)Cc2cccc(n2)C1.CC(C)(CO)N1Cc2cccc(n2)CN(C(C)(C)CO)Cc2cccc(n2)C1.CC(C)(N)CO.CC(C)(N)CO[Si](C)(C)C(C)(C)C.CCC(C)(C)N1Cc2cccc(n2)CN(C(C)(C)CO[Si](C)(C)C(C)(C)C)Cc2cccc(n2)C1.Cl.O=CO[O-].[H-].[K+].[K+]. The van der Waals surface area contributed by atoms with Gasteiger partial charge in [-0.2, -0.15) is 0 Å². The molecule has 27 nitrogen and oxygen atoms in total. The van der Waals surface area contributed by atoms with Crippen LogP contribution in [0, 0.1) is 0 Å². The van der Waals surface area contributed by atoms with Crippen LogP contribution in [0.4, 0.5) is 0 Å². The van der Waals surface area contributed by atoms with Crippen molar-refractivity contribution in [2.24, 2.45) is 11.5 Å². The van der Waals surface area contributed by atoms with Crippen LogP contribution in [0.3, 0.4) is 0 Å². The number of ether oxygens (including phenoxy) is 2. The van der Waals surface area contributed by atoms with Crippen LogP contribution in [0.5, 0.6) is 0 Å². The zero-order chi connectivity index (χ0) is 99.7. The first-order valence-corrected chi connectivity index (χ1v) is 53.5. The second-order valence-corrected chi connectivity index (χ2v) is 53.1. The van der Waals surface area contributed by atoms with Crippen molar-refractivity contribution in [1.82, 2.24) is 64.3 Å². The maximum absolute atomic E-state index is 11.7. The summed E-state index contributed by atoms with van der Waals surface area (Å²) in [5.74, 6) is -0.890. The number of rotatable bonds is 25. The van der Waals surface area contributed by atoms with Gasteiger partial charge in [0, 0.05) is 135 Å². The number of hydrogen-bond acceptors (Lipinski definition) is 27. The van der Waals surface area contributed by atoms with E-state index in [1.165, 1.54) is 12.2 Å². The third-order valence-corrected chi connectivity index (χ3v) is 34.6. The van der Waals surface area contributed by atoms with Gasteiger partial charge in [-0.25, -0.2) is 9.59 Å². The molecule has 744 valence electrons. The number of alkyl halides is 2. The Morgan fingerprint density at radius 3 is 0.763 bits per heavy atom. The van der Waals surface area contributed by atoms with Crippen LogP contribution in [0.25, 0.3) is 0 Å². The van der Waals surface area contributed by atoms with Gasteiger partial charge >= 0.3 is 115 Å². The van der Waals surface area contributed by atoms with Gasteiger partial charge in [-0.3, -0.25) is 69.1 Å². The van der Waals surface area contributed by atoms with Gasteiger partial charge in [0.25, 0.3) is 6.47 Å². The topological polar surface area (TPSA) is 343 Å². The van der Waals surface area contributed by atoms with Crippen LogP contribution >= 0.6 is 44.3 Å². The van der Waals surface area contributed by atoms with Crippen LogP contribution in [0.2, 0.25) is 36.3 Å². The molecule has 3 aliphatic rings. The first-order chi connectivity index (χ1) is 61.2. The molecule has 7 aromatic rings. The van der Waals surface area contributed by atoms with Gasteiger partial charge in [0.05, 0.1) is 124 Å². The number of aliphatic hydroxyl groups is 3. The molecule has 0 aliphatic carbocycles. The number of hydrogen-bond donors (Lipinski definition) is 5. The molecule has 135 heavy (non-hydrogen) atoms. The Labute approximate surface area is 921 Å². The summed E-state index contributed by atoms with van der Waals surface area (Å²) in [6, 6.07) is 43.2. The third-order valence-electron chi connectivity index (χ3n) is 24.5. The first-order valence-electron chi connectivity index (χ1n) is 45.4. The average Bonchev–Trinajstić information content (AvgIpc) is 0.799. The summed E-state index contributed by atoms with van der Waals surface area (Å²) in [4.78, 5) is 82.8. The molecule has 0 radical (unpaired) electrons. The number of nitrogens with two attached hydrogens (primary N) is 2. The average molecular weight is 2110 g/mol. The maximum Gasteiger partial charge on any atom is 1.00 e. The molecule has 34 heteroatoms. The molecule has 0 spiro atoms. The van der Waals surface area contributed by atoms with Crippen LogP contribution < -0.4 is 119 Å². The molecule has 0 saturated carbocycles. The molecule has 0 saturated heterocycles. The molecule has 12 bridgehead atoms. The van der Waals surface area contributed by atoms with Crippen molar-refractivity contribution in [3.8, 4) is 0 Å². The smallest absolute Gasteiger partial charge is 1.00 e. The van der Waals surface area contributed by atoms with Gasteiger partial charge in [-0.05, 0) is 238 Å². The number of carbonyl (C=O) groups is 3. The van der Waals surface area contributed by atoms with Crippen LogP contribution in [0.15, 0.2) is 153 Å². The molecule has 0 unspecified atom stereocenters. The third kappa shape index (κ3) is 46.3. The quantitative estimate of drug-likeness (QED) is 0.00675. The van der Waals surface area contributed by atoms with Crippen LogP contribution in [-0.4, -0.2) is 205 Å². The summed E-state index contributed by atoms with van der Waals surface area (Å²) < 4.78 is 23.5. The van der Waals surface area contributed by atoms with E-state index in [0.717, 1.165) is 123 Å². The van der Waals surface area contributed by atoms with E-state index in [1.54, 1.807) is 13.8 Å². The summed E-state index contributed by atoms with van der Waals surface area (Å²) in [5.41, 5.74) is 22.9. The van der Waals surface area contributed by atoms with Crippen LogP contribution in [-0.2, 0) is 127 Å². The number of fused-ring (bicyclic) bond motifs is 12. The van der Waals surface area contributed by atoms with E-state index in [9.17, 15) is 19.8 Å². The van der Waals surface area contributed by atoms with Crippen molar-refractivity contribution < 1.29 is 162 Å². The largest absolute Gasteiger partial charge is 1.00 e. The zero-order valence-corrected chi connectivity index (χ0v) is 99.2. The summed E-state index contributed by atoms with van der Waals surface area (Å²) >= 11 is 6.69. The fourth-order valence-corrected chi connectivity index (χ4v) is 15.6. The molecular formula is C101H162Br2ClK2N15O12Si2. The molecule has 3 aliphatic heterocycles. The predicted molar refractivity (Wildman–Crippen MR) is 547 cm³/mol. The van der Waals surface area contributed by atoms with Gasteiger partial charge in [-0.15, -0.1) is 12.4 Å². The standard InChI is InChI=1S/C29H48N4OSi.C28H36N4O4.C22H32N4O2.C10H25NOSi.C7H7Br2N.C4H11NO.CH2O3.ClH.2K.H/c1-11-28(5,6)32-18-23-14-12-16-25(30-23)20-33(21-26-17-13-15-24(19-32)31-26)29(7,8)22-34-35(9,10)27(2,3)4;1-7-25(33)35-19-27(3,4)31-15-21-11-9-13-23(29-21)17-32(28(5,6)20-36-26(34)8-2)18-24-14-10-12-22(16-31)30-24;1-21(2,15-27)25-11-17-7-5-9-19(23-17)13-26(22(3,4)16-28)14-20-10-6-8-18(12-25)24-20;1-9(2,3)13(6,7)12-8-10(4,5)11;8-4-6-2-1-3-7(5-9)10-6;1-4(2,5)3-6;2-1-4-3;;;;/h12-17H,11,18-22H2,1-10H3;7-14H,1-2,15-20H2,3-6H3;5-10,27-28H,11-16H2,1-4H3;8,11H2,1-7H3;1-3H,4-5H2;6H,3,5H2,1-2H3;1,3H;1H;;;/q;;;;;;;;2*+1;-1/p-1. The van der Waals surface area contributed by atoms with Gasteiger partial charge < -0.3 is 56.7 Å². The van der Waals surface area contributed by atoms with E-state index < -0.39 is 45.2 Å². The number of nitrogens with zero attached hydrogens (tertiary/aromatic N) is 13. The fraction of sp³-hybridized carbons (Fsp3) is 0.584. The summed E-state index contributed by atoms with van der Waals surface area (Å²) in [6.45, 7) is 74.8. The van der Waals surface area contributed by atoms with Crippen molar-refractivity contribution in [3.63, 3.8) is 0 Å². The van der Waals surface area contributed by atoms with Gasteiger partial charge in [0.2, 0.25) is 0 Å². The van der Waals surface area contributed by atoms with Gasteiger partial charge in [-0.1, -0.05) is 136 Å². The van der Waals surface area contributed by atoms with E-state index in [2.05, 4.69) is 223 Å². The minimum absolute atomic E-state index is 0. The molecule has 0 amide bonds. The Bertz CT molecular complexity index is 4430. The van der Waals surface area contributed by atoms with E-state index in [1.807, 2.05) is 160 Å². The number of halogens is 3. The second kappa shape index (κ2) is 58.9. The second-order valence-electron chi connectivity index (χ2n) is 42.3. The molecule has 10 rings (SSSR count). The van der Waals surface area contributed by atoms with Gasteiger partial charge in [0.15, 0.2) is 16.6 Å². The monoisotopic (exact) mass is 2100 g/mol. The maximum atomic E-state index is 11.7. The Hall–Kier alpha value is -3.66. The van der Waals surface area contributed by atoms with Crippen molar-refractivity contribution >= 4 is 79.3 Å². The number of aromatic nitrogens is 7. The van der Waals surface area contributed by atoms with E-state index in [4.69, 9.17) is 74.9 Å². The first kappa shape index (κ1) is 129. The summed E-state index contributed by atoms with van der Waals surface area (Å²) in [6.07, 6.45) is 3.42. The molecule has 0 fully saturated rings. The number of carbonyl (C=O) groups excluding carboxylic acids is 3. The van der Waals surface area contributed by atoms with Crippen molar-refractivity contribution in [3.05, 3.63) is 232 Å². The molecule has 0 aromatic carbocycles. The zero-order valence-electron chi connectivity index (χ0n) is 88.0. The van der Waals surface area contributed by atoms with Crippen molar-refractivity contribution in [2.75, 3.05) is 46.2 Å². The summed E-state index contributed by atoms with van der Waals surface area (Å²) in [5, 5.41) is 38.7. The minimum atomic E-state index is -1.85. The molecule has 7 N–H and O–H groups in total. The molecule has 0 atom stereocenters. The molecular weight excluding hydrogens is 1940 g/mol. The Kier molecular flexibility index (Phi) is 56.5. The van der Waals surface area contributed by atoms with Crippen molar-refractivity contribution in [2.45, 2.75) is 335 Å². The Morgan fingerprint density at radius 2 is 0.585 bits per heavy atom. The number of aliphatic hydroxyl groups excluding tert-OH is 3. The molecule has 10 heterocycles. The Morgan fingerprint density at radius 1 is 0.385 bits per heavy atom. The van der Waals surface area contributed by atoms with Crippen molar-refractivity contribution in [1.29, 1.82) is 0 Å². The molecule has 7 aromatic heterocycles. The van der Waals surface area contributed by atoms with Gasteiger partial charge in [0.1, 0.15) is 13.2 Å².